The Labute approximate surface area is 165 Å². The summed E-state index contributed by atoms with van der Waals surface area (Å²) in [5.41, 5.74) is 2.10. The van der Waals surface area contributed by atoms with Gasteiger partial charge in [-0.3, -0.25) is 4.79 Å². The van der Waals surface area contributed by atoms with Gasteiger partial charge in [-0.25, -0.2) is 8.78 Å². The first-order chi connectivity index (χ1) is 13.3. The Bertz CT molecular complexity index is 676. The summed E-state index contributed by atoms with van der Waals surface area (Å²) < 4.78 is 25.7. The number of piperidine rings is 1. The molecule has 0 aromatic heterocycles. The number of nitrogens with one attached hydrogen (secondary N) is 2. The lowest BCUT2D eigenvalue weighted by atomic mass is 9.94. The Kier molecular flexibility index (Phi) is 6.88. The van der Waals surface area contributed by atoms with E-state index in [-0.39, 0.29) is 29.7 Å². The molecule has 3 N–H and O–H groups in total. The van der Waals surface area contributed by atoms with E-state index in [1.165, 1.54) is 0 Å². The summed E-state index contributed by atoms with van der Waals surface area (Å²) in [5.74, 6) is -0.0299. The summed E-state index contributed by atoms with van der Waals surface area (Å²) in [6.45, 7) is 6.71. The number of likely N-dealkylation sites (tertiary alicyclic amines) is 1. The molecule has 3 rings (SSSR count). The summed E-state index contributed by atoms with van der Waals surface area (Å²) in [6, 6.07) is 4.94. The molecule has 2 aliphatic heterocycles. The Morgan fingerprint density at radius 1 is 1.29 bits per heavy atom. The Balaban J connectivity index is 1.54. The lowest BCUT2D eigenvalue weighted by Crippen LogP contribution is -2.55. The molecule has 1 amide bonds. The highest BCUT2D eigenvalue weighted by atomic mass is 19.3. The summed E-state index contributed by atoms with van der Waals surface area (Å²) in [5, 5.41) is 16.0. The van der Waals surface area contributed by atoms with Crippen molar-refractivity contribution < 1.29 is 18.7 Å². The Morgan fingerprint density at radius 2 is 2.00 bits per heavy atom. The summed E-state index contributed by atoms with van der Waals surface area (Å²) >= 11 is 0. The van der Waals surface area contributed by atoms with Gasteiger partial charge in [-0.2, -0.15) is 0 Å². The molecule has 2 aliphatic rings. The monoisotopic (exact) mass is 395 g/mol. The van der Waals surface area contributed by atoms with Crippen LogP contribution in [0.5, 0.6) is 5.75 Å². The van der Waals surface area contributed by atoms with Crippen LogP contribution in [0.25, 0.3) is 0 Å². The average Bonchev–Trinajstić information content (AvgIpc) is 2.67. The number of benzene rings is 1. The van der Waals surface area contributed by atoms with Crippen molar-refractivity contribution in [3.05, 3.63) is 29.3 Å². The molecule has 28 heavy (non-hydrogen) atoms. The van der Waals surface area contributed by atoms with Crippen LogP contribution in [0.3, 0.4) is 0 Å². The molecule has 0 bridgehead atoms. The molecule has 1 fully saturated rings. The van der Waals surface area contributed by atoms with E-state index in [1.54, 1.807) is 12.1 Å². The summed E-state index contributed by atoms with van der Waals surface area (Å²) in [7, 11) is 0. The Hall–Kier alpha value is -1.73. The zero-order valence-corrected chi connectivity index (χ0v) is 16.6. The number of hydrogen-bond donors (Lipinski definition) is 3. The molecule has 2 heterocycles. The number of amides is 1. The molecule has 0 unspecified atom stereocenters. The first-order valence-corrected chi connectivity index (χ1v) is 10.2. The topological polar surface area (TPSA) is 64.6 Å². The van der Waals surface area contributed by atoms with E-state index in [9.17, 15) is 18.7 Å². The molecule has 7 heteroatoms. The maximum absolute atomic E-state index is 12.8. The van der Waals surface area contributed by atoms with Crippen LogP contribution in [0.4, 0.5) is 8.78 Å². The van der Waals surface area contributed by atoms with Crippen molar-refractivity contribution in [1.29, 1.82) is 0 Å². The van der Waals surface area contributed by atoms with Gasteiger partial charge in [-0.15, -0.1) is 0 Å². The molecule has 2 atom stereocenters. The van der Waals surface area contributed by atoms with Crippen LogP contribution in [-0.2, 0) is 17.8 Å². The van der Waals surface area contributed by atoms with E-state index in [1.807, 2.05) is 6.07 Å². The molecule has 0 saturated carbocycles. The van der Waals surface area contributed by atoms with Crippen LogP contribution in [-0.4, -0.2) is 54.1 Å². The highest BCUT2D eigenvalue weighted by Gasteiger charge is 2.30. The fourth-order valence-electron chi connectivity index (χ4n) is 4.06. The number of aromatic hydroxyl groups is 1. The van der Waals surface area contributed by atoms with E-state index in [2.05, 4.69) is 29.4 Å². The smallest absolute Gasteiger partial charge is 0.241 e. The van der Waals surface area contributed by atoms with Crippen LogP contribution >= 0.6 is 0 Å². The van der Waals surface area contributed by atoms with E-state index >= 15 is 0 Å². The number of phenols is 1. The van der Waals surface area contributed by atoms with Gasteiger partial charge in [0.2, 0.25) is 12.3 Å². The largest absolute Gasteiger partial charge is 0.508 e. The predicted molar refractivity (Wildman–Crippen MR) is 104 cm³/mol. The molecule has 5 nitrogen and oxygen atoms in total. The van der Waals surface area contributed by atoms with Crippen molar-refractivity contribution in [3.63, 3.8) is 0 Å². The molecule has 1 aromatic carbocycles. The number of alkyl halides is 2. The van der Waals surface area contributed by atoms with Gasteiger partial charge in [0.1, 0.15) is 5.75 Å². The second-order valence-electron chi connectivity index (χ2n) is 8.42. The fraction of sp³-hybridized carbons (Fsp3) is 0.667. The minimum atomic E-state index is -2.23. The first-order valence-electron chi connectivity index (χ1n) is 10.2. The van der Waals surface area contributed by atoms with Crippen molar-refractivity contribution in [1.82, 2.24) is 15.5 Å². The number of carbonyl (C=O) groups is 1. The minimum Gasteiger partial charge on any atom is -0.508 e. The zero-order valence-electron chi connectivity index (χ0n) is 16.6. The third kappa shape index (κ3) is 5.20. The molecule has 1 saturated heterocycles. The van der Waals surface area contributed by atoms with Crippen molar-refractivity contribution in [2.24, 2.45) is 11.8 Å². The first kappa shape index (κ1) is 21.0. The van der Waals surface area contributed by atoms with E-state index in [0.29, 0.717) is 45.4 Å². The summed E-state index contributed by atoms with van der Waals surface area (Å²) in [4.78, 5) is 15.0. The number of carbonyl (C=O) groups excluding carboxylic acids is 1. The van der Waals surface area contributed by atoms with Gasteiger partial charge in [0.15, 0.2) is 0 Å². The minimum absolute atomic E-state index is 0.0152. The molecular formula is C21H31F2N3O2. The normalized spacial score (nSPS) is 22.3. The average molecular weight is 395 g/mol. The molecule has 0 aliphatic carbocycles. The molecule has 156 valence electrons. The van der Waals surface area contributed by atoms with Crippen molar-refractivity contribution in [2.45, 2.75) is 58.2 Å². The second kappa shape index (κ2) is 9.18. The van der Waals surface area contributed by atoms with Gasteiger partial charge in [-0.1, -0.05) is 19.9 Å². The molecule has 0 spiro atoms. The van der Waals surface area contributed by atoms with Gasteiger partial charge in [0, 0.05) is 25.0 Å². The molecule has 1 aromatic rings. The van der Waals surface area contributed by atoms with E-state index in [0.717, 1.165) is 11.1 Å². The number of fused-ring (bicyclic) bond motifs is 1. The number of rotatable bonds is 6. The number of hydrogen-bond acceptors (Lipinski definition) is 4. The standard InChI is InChI=1S/C21H31F2N3O2/c1-13(2)19(12-26-7-5-14(6-8-26)20(22)23)25-21(28)18-10-15-3-4-17(27)9-16(15)11-24-18/h3-4,9,13-14,18-20,24,27H,5-8,10-12H2,1-2H3,(H,25,28)/t18-,19-/m1/s1. The molecule has 0 radical (unpaired) electrons. The maximum Gasteiger partial charge on any atom is 0.241 e. The van der Waals surface area contributed by atoms with Crippen LogP contribution in [0.1, 0.15) is 37.8 Å². The zero-order chi connectivity index (χ0) is 20.3. The lowest BCUT2D eigenvalue weighted by Gasteiger charge is -2.36. The van der Waals surface area contributed by atoms with Crippen molar-refractivity contribution in [2.75, 3.05) is 19.6 Å². The summed E-state index contributed by atoms with van der Waals surface area (Å²) in [6.07, 6.45) is -0.606. The fourth-order valence-corrected chi connectivity index (χ4v) is 4.06. The highest BCUT2D eigenvalue weighted by molar-refractivity contribution is 5.82. The van der Waals surface area contributed by atoms with Gasteiger partial charge in [0.25, 0.3) is 0 Å². The number of phenolic OH excluding ortho intramolecular Hbond substituents is 1. The Morgan fingerprint density at radius 3 is 2.64 bits per heavy atom. The van der Waals surface area contributed by atoms with Gasteiger partial charge in [-0.05, 0) is 61.5 Å². The lowest BCUT2D eigenvalue weighted by molar-refractivity contribution is -0.124. The van der Waals surface area contributed by atoms with Crippen molar-refractivity contribution in [3.8, 4) is 5.75 Å². The van der Waals surface area contributed by atoms with Crippen molar-refractivity contribution >= 4 is 5.91 Å². The van der Waals surface area contributed by atoms with E-state index < -0.39 is 12.3 Å². The third-order valence-electron chi connectivity index (χ3n) is 6.05. The van der Waals surface area contributed by atoms with Gasteiger partial charge >= 0.3 is 0 Å². The van der Waals surface area contributed by atoms with Gasteiger partial charge < -0.3 is 20.6 Å². The number of nitrogens with zero attached hydrogens (tertiary/aromatic N) is 1. The highest BCUT2D eigenvalue weighted by Crippen LogP contribution is 2.24. The van der Waals surface area contributed by atoms with Crippen LogP contribution < -0.4 is 10.6 Å². The van der Waals surface area contributed by atoms with E-state index in [4.69, 9.17) is 0 Å². The second-order valence-corrected chi connectivity index (χ2v) is 8.42. The van der Waals surface area contributed by atoms with Gasteiger partial charge in [0.05, 0.1) is 6.04 Å². The van der Waals surface area contributed by atoms with Crippen LogP contribution in [0, 0.1) is 11.8 Å². The maximum atomic E-state index is 12.8. The van der Waals surface area contributed by atoms with Crippen LogP contribution in [0.2, 0.25) is 0 Å². The number of halogens is 2. The SMILES string of the molecule is CC(C)[C@@H](CN1CCC(C(F)F)CC1)NC(=O)[C@H]1Cc2ccc(O)cc2CN1. The molecular weight excluding hydrogens is 364 g/mol. The quantitative estimate of drug-likeness (QED) is 0.693. The van der Waals surface area contributed by atoms with Crippen LogP contribution in [0.15, 0.2) is 18.2 Å². The third-order valence-corrected chi connectivity index (χ3v) is 6.05. The predicted octanol–water partition coefficient (Wildman–Crippen LogP) is 2.52.